The predicted molar refractivity (Wildman–Crippen MR) is 57.3 cm³/mol. The number of aliphatic carboxylic acids is 1. The molecule has 1 aromatic carbocycles. The number of hydrogen-bond donors (Lipinski definition) is 0. The van der Waals surface area contributed by atoms with Crippen molar-refractivity contribution in [1.82, 2.24) is 0 Å². The average molecular weight is 280 g/mol. The van der Waals surface area contributed by atoms with Gasteiger partial charge < -0.3 is 9.90 Å². The molecule has 2 atom stereocenters. The van der Waals surface area contributed by atoms with Crippen molar-refractivity contribution in [2.75, 3.05) is 0 Å². The Hall–Kier alpha value is -0.870. The van der Waals surface area contributed by atoms with Crippen LogP contribution in [0.25, 0.3) is 0 Å². The Kier molecular flexibility index (Phi) is 3.04. The summed E-state index contributed by atoms with van der Waals surface area (Å²) in [6.45, 7) is 0. The van der Waals surface area contributed by atoms with Crippen LogP contribution in [0.1, 0.15) is 17.9 Å². The number of carbonyl (C=O) groups is 1. The van der Waals surface area contributed by atoms with Crippen LogP contribution in [-0.2, 0) is 4.79 Å². The first-order valence-corrected chi connectivity index (χ1v) is 5.62. The quantitative estimate of drug-likeness (QED) is 0.853. The highest BCUT2D eigenvalue weighted by molar-refractivity contribution is 6.35. The lowest BCUT2D eigenvalue weighted by atomic mass is 9.94. The second-order valence-electron chi connectivity index (χ2n) is 4.03. The minimum atomic E-state index is -2.95. The van der Waals surface area contributed by atoms with E-state index in [0.717, 1.165) is 0 Å². The third kappa shape index (κ3) is 2.38. The predicted octanol–water partition coefficient (Wildman–Crippen LogP) is 2.48. The van der Waals surface area contributed by atoms with Gasteiger partial charge in [0, 0.05) is 34.3 Å². The van der Waals surface area contributed by atoms with Gasteiger partial charge in [-0.05, 0) is 17.7 Å². The molecule has 1 aromatic rings. The summed E-state index contributed by atoms with van der Waals surface area (Å²) >= 11 is 11.5. The smallest absolute Gasteiger partial charge is 0.252 e. The molecule has 0 bridgehead atoms. The van der Waals surface area contributed by atoms with Crippen molar-refractivity contribution in [3.8, 4) is 0 Å². The van der Waals surface area contributed by atoms with E-state index >= 15 is 0 Å². The minimum Gasteiger partial charge on any atom is -0.549 e. The number of rotatable bonds is 3. The van der Waals surface area contributed by atoms with Gasteiger partial charge in [0.25, 0.3) is 5.92 Å². The monoisotopic (exact) mass is 279 g/mol. The first-order valence-electron chi connectivity index (χ1n) is 4.86. The fourth-order valence-corrected chi connectivity index (χ4v) is 2.38. The highest BCUT2D eigenvalue weighted by Gasteiger charge is 2.61. The van der Waals surface area contributed by atoms with Crippen LogP contribution in [0, 0.1) is 5.92 Å². The Labute approximate surface area is 106 Å². The number of halogens is 4. The summed E-state index contributed by atoms with van der Waals surface area (Å²) in [6, 6.07) is 4.09. The van der Waals surface area contributed by atoms with Gasteiger partial charge in [0.05, 0.1) is 0 Å². The van der Waals surface area contributed by atoms with Crippen molar-refractivity contribution in [1.29, 1.82) is 0 Å². The maximum absolute atomic E-state index is 12.9. The van der Waals surface area contributed by atoms with Crippen LogP contribution in [0.5, 0.6) is 0 Å². The zero-order valence-corrected chi connectivity index (χ0v) is 9.93. The Bertz CT molecular complexity index is 477. The van der Waals surface area contributed by atoms with E-state index in [-0.39, 0.29) is 10.6 Å². The molecular weight excluding hydrogens is 273 g/mol. The molecule has 0 spiro atoms. The maximum atomic E-state index is 12.9. The molecule has 1 aliphatic rings. The van der Waals surface area contributed by atoms with Crippen molar-refractivity contribution in [2.24, 2.45) is 5.92 Å². The number of carboxylic acids is 1. The molecule has 2 unspecified atom stereocenters. The van der Waals surface area contributed by atoms with Crippen molar-refractivity contribution >= 4 is 29.2 Å². The molecule has 2 nitrogen and oxygen atoms in total. The van der Waals surface area contributed by atoms with Crippen LogP contribution >= 0.6 is 23.2 Å². The van der Waals surface area contributed by atoms with Gasteiger partial charge in [-0.2, -0.15) is 0 Å². The standard InChI is InChI=1S/C11H8Cl2F2O2/c12-5-1-2-6(8(13)3-5)9(10(16)17)7-4-11(7,14)15/h1-3,7,9H,4H2,(H,16,17)/p-1. The van der Waals surface area contributed by atoms with Crippen LogP contribution in [0.3, 0.4) is 0 Å². The fourth-order valence-electron chi connectivity index (χ4n) is 1.86. The molecular formula is C11H7Cl2F2O2-. The van der Waals surface area contributed by atoms with Crippen LogP contribution in [0.4, 0.5) is 8.78 Å². The van der Waals surface area contributed by atoms with E-state index in [4.69, 9.17) is 23.2 Å². The topological polar surface area (TPSA) is 40.1 Å². The zero-order chi connectivity index (χ0) is 12.8. The van der Waals surface area contributed by atoms with Gasteiger partial charge in [-0.3, -0.25) is 0 Å². The summed E-state index contributed by atoms with van der Waals surface area (Å²) in [4.78, 5) is 11.0. The number of hydrogen-bond acceptors (Lipinski definition) is 2. The molecule has 17 heavy (non-hydrogen) atoms. The molecule has 1 fully saturated rings. The highest BCUT2D eigenvalue weighted by atomic mass is 35.5. The van der Waals surface area contributed by atoms with Crippen LogP contribution in [0.15, 0.2) is 18.2 Å². The third-order valence-corrected chi connectivity index (χ3v) is 3.39. The molecule has 0 saturated heterocycles. The van der Waals surface area contributed by atoms with E-state index in [2.05, 4.69) is 0 Å². The van der Waals surface area contributed by atoms with Crippen molar-refractivity contribution < 1.29 is 18.7 Å². The fraction of sp³-hybridized carbons (Fsp3) is 0.364. The van der Waals surface area contributed by atoms with E-state index in [1.807, 2.05) is 0 Å². The van der Waals surface area contributed by atoms with Crippen LogP contribution < -0.4 is 5.11 Å². The van der Waals surface area contributed by atoms with E-state index in [0.29, 0.717) is 5.02 Å². The van der Waals surface area contributed by atoms with Crippen molar-refractivity contribution in [3.05, 3.63) is 33.8 Å². The molecule has 2 rings (SSSR count). The number of benzene rings is 1. The second-order valence-corrected chi connectivity index (χ2v) is 4.88. The average Bonchev–Trinajstić information content (AvgIpc) is 2.79. The van der Waals surface area contributed by atoms with Crippen LogP contribution in [0.2, 0.25) is 10.0 Å². The number of carbonyl (C=O) groups excluding carboxylic acids is 1. The van der Waals surface area contributed by atoms with Gasteiger partial charge in [-0.25, -0.2) is 8.78 Å². The SMILES string of the molecule is O=C([O-])C(c1ccc(Cl)cc1Cl)C1CC1(F)F. The van der Waals surface area contributed by atoms with Gasteiger partial charge in [-0.1, -0.05) is 29.3 Å². The Balaban J connectivity index is 2.37. The molecule has 1 aliphatic carbocycles. The Morgan fingerprint density at radius 3 is 2.47 bits per heavy atom. The lowest BCUT2D eigenvalue weighted by Gasteiger charge is -2.19. The molecule has 0 N–H and O–H groups in total. The van der Waals surface area contributed by atoms with Gasteiger partial charge in [0.15, 0.2) is 0 Å². The van der Waals surface area contributed by atoms with E-state index in [1.165, 1.54) is 18.2 Å². The molecule has 92 valence electrons. The number of alkyl halides is 2. The maximum Gasteiger partial charge on any atom is 0.252 e. The van der Waals surface area contributed by atoms with Gasteiger partial charge >= 0.3 is 0 Å². The number of carboxylic acid groups (broad SMARTS) is 1. The normalized spacial score (nSPS) is 23.2. The molecule has 0 aromatic heterocycles. The van der Waals surface area contributed by atoms with E-state index in [9.17, 15) is 18.7 Å². The summed E-state index contributed by atoms with van der Waals surface area (Å²) in [5.74, 6) is -7.13. The first-order chi connectivity index (χ1) is 7.83. The van der Waals surface area contributed by atoms with Crippen molar-refractivity contribution in [3.63, 3.8) is 0 Å². The lowest BCUT2D eigenvalue weighted by Crippen LogP contribution is -2.32. The Morgan fingerprint density at radius 1 is 1.47 bits per heavy atom. The molecule has 0 amide bonds. The third-order valence-electron chi connectivity index (χ3n) is 2.83. The highest BCUT2D eigenvalue weighted by Crippen LogP contribution is 2.56. The van der Waals surface area contributed by atoms with Gasteiger partial charge in [0.2, 0.25) is 0 Å². The van der Waals surface area contributed by atoms with Gasteiger partial charge in [0.1, 0.15) is 0 Å². The summed E-state index contributed by atoms with van der Waals surface area (Å²) in [6.07, 6.45) is -0.454. The zero-order valence-electron chi connectivity index (χ0n) is 8.42. The lowest BCUT2D eigenvalue weighted by molar-refractivity contribution is -0.309. The summed E-state index contributed by atoms with van der Waals surface area (Å²) < 4.78 is 25.9. The van der Waals surface area contributed by atoms with Crippen molar-refractivity contribution in [2.45, 2.75) is 18.3 Å². The molecule has 6 heteroatoms. The largest absolute Gasteiger partial charge is 0.549 e. The van der Waals surface area contributed by atoms with Gasteiger partial charge in [-0.15, -0.1) is 0 Å². The molecule has 0 aliphatic heterocycles. The molecule has 0 heterocycles. The Morgan fingerprint density at radius 2 is 2.06 bits per heavy atom. The van der Waals surface area contributed by atoms with Crippen LogP contribution in [-0.4, -0.2) is 11.9 Å². The molecule has 1 saturated carbocycles. The minimum absolute atomic E-state index is 0.0643. The summed E-state index contributed by atoms with van der Waals surface area (Å²) in [7, 11) is 0. The molecule has 0 radical (unpaired) electrons. The van der Waals surface area contributed by atoms with E-state index < -0.39 is 30.1 Å². The van der Waals surface area contributed by atoms with E-state index in [1.54, 1.807) is 0 Å². The summed E-state index contributed by atoms with van der Waals surface area (Å²) in [5, 5.41) is 11.4. The first kappa shape index (κ1) is 12.6. The second kappa shape index (κ2) is 4.10. The summed E-state index contributed by atoms with van der Waals surface area (Å²) in [5.41, 5.74) is 0.123.